The third kappa shape index (κ3) is 7.84. The number of rotatable bonds is 12. The fraction of sp³-hybridized carbons (Fsp3) is 0.222. The lowest BCUT2D eigenvalue weighted by molar-refractivity contribution is -0.114. The Hall–Kier alpha value is -3.73. The van der Waals surface area contributed by atoms with Gasteiger partial charge in [0.2, 0.25) is 5.91 Å². The molecule has 0 saturated carbocycles. The van der Waals surface area contributed by atoms with Gasteiger partial charge in [0.25, 0.3) is 0 Å². The maximum Gasteiger partial charge on any atom is 0.243 e. The molecule has 0 aromatic heterocycles. The van der Waals surface area contributed by atoms with Crippen LogP contribution in [0.2, 0.25) is 0 Å². The van der Waals surface area contributed by atoms with Gasteiger partial charge in [-0.05, 0) is 67.3 Å². The largest absolute Gasteiger partial charge is 0.494 e. The summed E-state index contributed by atoms with van der Waals surface area (Å²) in [6, 6.07) is 25.3. The van der Waals surface area contributed by atoms with Crippen molar-refractivity contribution in [3.05, 3.63) is 96.6 Å². The van der Waals surface area contributed by atoms with Crippen LogP contribution >= 0.6 is 0 Å². The number of anilines is 2. The number of para-hydroxylation sites is 2. The van der Waals surface area contributed by atoms with Crippen molar-refractivity contribution in [3.63, 3.8) is 0 Å². The average molecular weight is 431 g/mol. The van der Waals surface area contributed by atoms with Gasteiger partial charge >= 0.3 is 0 Å². The van der Waals surface area contributed by atoms with E-state index in [0.29, 0.717) is 19.0 Å². The van der Waals surface area contributed by atoms with Gasteiger partial charge < -0.3 is 20.1 Å². The molecule has 0 spiro atoms. The van der Waals surface area contributed by atoms with E-state index in [1.807, 2.05) is 61.5 Å². The van der Waals surface area contributed by atoms with Crippen LogP contribution in [-0.2, 0) is 11.2 Å². The summed E-state index contributed by atoms with van der Waals surface area (Å²) in [4.78, 5) is 12.3. The SMILES string of the molecule is C=C(C)COc1ccccc1NCC(=O)Nc1ccc(OCCCc2ccccc2)cc1. The minimum Gasteiger partial charge on any atom is -0.494 e. The molecule has 32 heavy (non-hydrogen) atoms. The van der Waals surface area contributed by atoms with Crippen molar-refractivity contribution in [2.24, 2.45) is 0 Å². The number of carbonyl (C=O) groups excluding carboxylic acids is 1. The fourth-order valence-corrected chi connectivity index (χ4v) is 3.07. The van der Waals surface area contributed by atoms with Crippen molar-refractivity contribution >= 4 is 17.3 Å². The van der Waals surface area contributed by atoms with Crippen molar-refractivity contribution in [3.8, 4) is 11.5 Å². The molecular weight excluding hydrogens is 400 g/mol. The van der Waals surface area contributed by atoms with Gasteiger partial charge in [0.05, 0.1) is 18.8 Å². The van der Waals surface area contributed by atoms with E-state index in [-0.39, 0.29) is 12.5 Å². The van der Waals surface area contributed by atoms with Crippen molar-refractivity contribution < 1.29 is 14.3 Å². The summed E-state index contributed by atoms with van der Waals surface area (Å²) in [5, 5.41) is 6.01. The molecule has 1 amide bonds. The van der Waals surface area contributed by atoms with Gasteiger partial charge in [0, 0.05) is 5.69 Å². The van der Waals surface area contributed by atoms with E-state index in [0.717, 1.165) is 35.5 Å². The van der Waals surface area contributed by atoms with Crippen LogP contribution < -0.4 is 20.1 Å². The third-order valence-corrected chi connectivity index (χ3v) is 4.66. The molecule has 2 N–H and O–H groups in total. The molecule has 0 radical (unpaired) electrons. The summed E-state index contributed by atoms with van der Waals surface area (Å²) >= 11 is 0. The molecule has 0 aliphatic heterocycles. The van der Waals surface area contributed by atoms with E-state index in [1.165, 1.54) is 5.56 Å². The molecule has 0 bridgehead atoms. The summed E-state index contributed by atoms with van der Waals surface area (Å²) in [5.74, 6) is 1.34. The number of ether oxygens (including phenoxy) is 2. The van der Waals surface area contributed by atoms with Crippen molar-refractivity contribution in [1.82, 2.24) is 0 Å². The molecule has 3 aromatic carbocycles. The molecule has 0 atom stereocenters. The predicted octanol–water partition coefficient (Wildman–Crippen LogP) is 5.70. The molecule has 0 saturated heterocycles. The average Bonchev–Trinajstić information content (AvgIpc) is 2.81. The van der Waals surface area contributed by atoms with Crippen molar-refractivity contribution in [1.29, 1.82) is 0 Å². The number of amides is 1. The Morgan fingerprint density at radius 3 is 2.38 bits per heavy atom. The van der Waals surface area contributed by atoms with Crippen LogP contribution in [-0.4, -0.2) is 25.7 Å². The van der Waals surface area contributed by atoms with Gasteiger partial charge in [-0.25, -0.2) is 0 Å². The second kappa shape index (κ2) is 12.2. The molecule has 0 unspecified atom stereocenters. The zero-order valence-electron chi connectivity index (χ0n) is 18.5. The highest BCUT2D eigenvalue weighted by Gasteiger charge is 2.07. The number of hydrogen-bond donors (Lipinski definition) is 2. The van der Waals surface area contributed by atoms with Crippen LogP contribution in [0.15, 0.2) is 91.0 Å². The first kappa shape index (κ1) is 22.9. The Balaban J connectivity index is 1.40. The lowest BCUT2D eigenvalue weighted by Crippen LogP contribution is -2.22. The molecule has 0 heterocycles. The summed E-state index contributed by atoms with van der Waals surface area (Å²) in [5.41, 5.74) is 3.73. The van der Waals surface area contributed by atoms with Gasteiger partial charge in [0.15, 0.2) is 0 Å². The molecule has 3 rings (SSSR count). The standard InChI is InChI=1S/C27H30N2O3/c1-21(2)20-32-26-13-7-6-12-25(26)28-19-27(30)29-23-14-16-24(17-15-23)31-18-8-11-22-9-4-3-5-10-22/h3-7,9-10,12-17,28H,1,8,11,18-20H2,2H3,(H,29,30). The first-order valence-corrected chi connectivity index (χ1v) is 10.8. The van der Waals surface area contributed by atoms with Crippen LogP contribution in [0.5, 0.6) is 11.5 Å². The quantitative estimate of drug-likeness (QED) is 0.286. The van der Waals surface area contributed by atoms with Gasteiger partial charge in [-0.15, -0.1) is 0 Å². The molecule has 5 nitrogen and oxygen atoms in total. The van der Waals surface area contributed by atoms with Crippen LogP contribution in [0.25, 0.3) is 0 Å². The highest BCUT2D eigenvalue weighted by molar-refractivity contribution is 5.94. The maximum atomic E-state index is 12.3. The minimum absolute atomic E-state index is 0.130. The summed E-state index contributed by atoms with van der Waals surface area (Å²) in [6.45, 7) is 6.97. The van der Waals surface area contributed by atoms with E-state index < -0.39 is 0 Å². The monoisotopic (exact) mass is 430 g/mol. The summed E-state index contributed by atoms with van der Waals surface area (Å²) in [7, 11) is 0. The van der Waals surface area contributed by atoms with Gasteiger partial charge in [0.1, 0.15) is 18.1 Å². The zero-order chi connectivity index (χ0) is 22.6. The molecule has 166 valence electrons. The van der Waals surface area contributed by atoms with Gasteiger partial charge in [-0.1, -0.05) is 49.0 Å². The van der Waals surface area contributed by atoms with Gasteiger partial charge in [-0.2, -0.15) is 0 Å². The topological polar surface area (TPSA) is 59.6 Å². The Morgan fingerprint density at radius 1 is 0.906 bits per heavy atom. The molecule has 5 heteroatoms. The fourth-order valence-electron chi connectivity index (χ4n) is 3.07. The Kier molecular flexibility index (Phi) is 8.75. The summed E-state index contributed by atoms with van der Waals surface area (Å²) < 4.78 is 11.5. The van der Waals surface area contributed by atoms with E-state index >= 15 is 0 Å². The second-order valence-electron chi connectivity index (χ2n) is 7.61. The van der Waals surface area contributed by atoms with Crippen molar-refractivity contribution in [2.75, 3.05) is 30.4 Å². The van der Waals surface area contributed by atoms with Crippen LogP contribution in [0.4, 0.5) is 11.4 Å². The number of carbonyl (C=O) groups is 1. The highest BCUT2D eigenvalue weighted by Crippen LogP contribution is 2.24. The van der Waals surface area contributed by atoms with Gasteiger partial charge in [-0.3, -0.25) is 4.79 Å². The van der Waals surface area contributed by atoms with Crippen LogP contribution in [0, 0.1) is 0 Å². The Morgan fingerprint density at radius 2 is 1.62 bits per heavy atom. The molecule has 0 aliphatic rings. The lowest BCUT2D eigenvalue weighted by atomic mass is 10.1. The van der Waals surface area contributed by atoms with E-state index in [4.69, 9.17) is 9.47 Å². The van der Waals surface area contributed by atoms with E-state index in [9.17, 15) is 4.79 Å². The number of hydrogen-bond acceptors (Lipinski definition) is 4. The minimum atomic E-state index is -0.142. The smallest absolute Gasteiger partial charge is 0.243 e. The molecule has 0 fully saturated rings. The normalized spacial score (nSPS) is 10.3. The zero-order valence-corrected chi connectivity index (χ0v) is 18.5. The molecule has 0 aliphatic carbocycles. The summed E-state index contributed by atoms with van der Waals surface area (Å²) in [6.07, 6.45) is 1.94. The Labute approximate surface area is 190 Å². The predicted molar refractivity (Wildman–Crippen MR) is 131 cm³/mol. The first-order chi connectivity index (χ1) is 15.6. The molecular formula is C27H30N2O3. The van der Waals surface area contributed by atoms with Crippen molar-refractivity contribution in [2.45, 2.75) is 19.8 Å². The second-order valence-corrected chi connectivity index (χ2v) is 7.61. The molecule has 3 aromatic rings. The van der Waals surface area contributed by atoms with E-state index in [1.54, 1.807) is 0 Å². The maximum absolute atomic E-state index is 12.3. The Bertz CT molecular complexity index is 1000. The number of nitrogens with one attached hydrogen (secondary N) is 2. The van der Waals surface area contributed by atoms with Crippen LogP contribution in [0.1, 0.15) is 18.9 Å². The number of benzene rings is 3. The third-order valence-electron chi connectivity index (χ3n) is 4.66. The number of aryl methyl sites for hydroxylation is 1. The van der Waals surface area contributed by atoms with Crippen LogP contribution in [0.3, 0.4) is 0 Å². The highest BCUT2D eigenvalue weighted by atomic mass is 16.5. The van der Waals surface area contributed by atoms with E-state index in [2.05, 4.69) is 41.5 Å². The lowest BCUT2D eigenvalue weighted by Gasteiger charge is -2.13. The first-order valence-electron chi connectivity index (χ1n) is 10.8.